The smallest absolute Gasteiger partial charge is 0.336 e. The third-order valence-corrected chi connectivity index (χ3v) is 0.697. The summed E-state index contributed by atoms with van der Waals surface area (Å²) in [5.41, 5.74) is 4.90. The van der Waals surface area contributed by atoms with Gasteiger partial charge in [0.1, 0.15) is 0 Å². The maximum absolute atomic E-state index is 10.2. The van der Waals surface area contributed by atoms with Crippen molar-refractivity contribution in [3.63, 3.8) is 0 Å². The van der Waals surface area contributed by atoms with Crippen molar-refractivity contribution in [2.45, 2.75) is 6.10 Å². The largest absolute Gasteiger partial charge is 0.467 e. The van der Waals surface area contributed by atoms with Gasteiger partial charge in [0.05, 0.1) is 7.11 Å². The van der Waals surface area contributed by atoms with Gasteiger partial charge < -0.3 is 15.6 Å². The molecule has 0 amide bonds. The van der Waals surface area contributed by atoms with E-state index in [0.717, 1.165) is 0 Å². The minimum atomic E-state index is -1.17. The molecule has 0 rings (SSSR count). The quantitative estimate of drug-likeness (QED) is 0.433. The Morgan fingerprint density at radius 1 is 2.00 bits per heavy atom. The molecular weight excluding hydrogens is 110 g/mol. The van der Waals surface area contributed by atoms with Gasteiger partial charge in [0, 0.05) is 6.54 Å². The number of aliphatic hydroxyl groups excluding tert-OH is 1. The standard InChI is InChI=1S/C4H9NO3/c1-8-4(7)3(6)2-5/h3,6H,2,5H2,1H3. The Kier molecular flexibility index (Phi) is 3.14. The van der Waals surface area contributed by atoms with Crippen molar-refractivity contribution in [1.29, 1.82) is 0 Å². The van der Waals surface area contributed by atoms with E-state index in [-0.39, 0.29) is 6.54 Å². The van der Waals surface area contributed by atoms with Crippen molar-refractivity contribution < 1.29 is 14.6 Å². The summed E-state index contributed by atoms with van der Waals surface area (Å²) in [4.78, 5) is 10.2. The number of carbonyl (C=O) groups is 1. The Bertz CT molecular complexity index is 83.4. The second-order valence-corrected chi connectivity index (χ2v) is 1.27. The highest BCUT2D eigenvalue weighted by molar-refractivity contribution is 5.74. The summed E-state index contributed by atoms with van der Waals surface area (Å²) in [5, 5.41) is 8.53. The lowest BCUT2D eigenvalue weighted by atomic mass is 10.4. The first-order valence-corrected chi connectivity index (χ1v) is 2.18. The molecule has 1 atom stereocenters. The van der Waals surface area contributed by atoms with Crippen LogP contribution < -0.4 is 5.73 Å². The average molecular weight is 119 g/mol. The van der Waals surface area contributed by atoms with Gasteiger partial charge >= 0.3 is 5.97 Å². The molecule has 0 bridgehead atoms. The minimum absolute atomic E-state index is 0.0906. The molecule has 0 radical (unpaired) electrons. The molecule has 8 heavy (non-hydrogen) atoms. The van der Waals surface area contributed by atoms with Crippen molar-refractivity contribution in [1.82, 2.24) is 0 Å². The van der Waals surface area contributed by atoms with E-state index in [1.807, 2.05) is 0 Å². The average Bonchev–Trinajstić information content (AvgIpc) is 1.84. The zero-order valence-electron chi connectivity index (χ0n) is 4.63. The zero-order valence-corrected chi connectivity index (χ0v) is 4.63. The van der Waals surface area contributed by atoms with Gasteiger partial charge in [-0.1, -0.05) is 0 Å². The van der Waals surface area contributed by atoms with E-state index in [1.165, 1.54) is 7.11 Å². The molecule has 0 aliphatic rings. The van der Waals surface area contributed by atoms with Crippen LogP contribution in [-0.2, 0) is 9.53 Å². The molecule has 48 valence electrons. The molecule has 0 saturated heterocycles. The predicted molar refractivity (Wildman–Crippen MR) is 27.1 cm³/mol. The molecule has 3 N–H and O–H groups in total. The highest BCUT2D eigenvalue weighted by atomic mass is 16.5. The highest BCUT2D eigenvalue weighted by Crippen LogP contribution is 1.80. The fourth-order valence-corrected chi connectivity index (χ4v) is 0.232. The van der Waals surface area contributed by atoms with Gasteiger partial charge in [-0.3, -0.25) is 0 Å². The van der Waals surface area contributed by atoms with Crippen molar-refractivity contribution in [2.75, 3.05) is 13.7 Å². The second-order valence-electron chi connectivity index (χ2n) is 1.27. The summed E-state index contributed by atoms with van der Waals surface area (Å²) < 4.78 is 4.13. The molecule has 0 aliphatic heterocycles. The van der Waals surface area contributed by atoms with Gasteiger partial charge in [-0.25, -0.2) is 4.79 Å². The lowest BCUT2D eigenvalue weighted by Crippen LogP contribution is -2.29. The number of esters is 1. The lowest BCUT2D eigenvalue weighted by molar-refractivity contribution is -0.149. The molecule has 0 saturated carbocycles. The Morgan fingerprint density at radius 3 is 2.62 bits per heavy atom. The molecule has 0 spiro atoms. The van der Waals surface area contributed by atoms with E-state index in [9.17, 15) is 4.79 Å². The van der Waals surface area contributed by atoms with Gasteiger partial charge in [0.25, 0.3) is 0 Å². The van der Waals surface area contributed by atoms with Crippen molar-refractivity contribution >= 4 is 5.97 Å². The van der Waals surface area contributed by atoms with E-state index in [2.05, 4.69) is 4.74 Å². The van der Waals surface area contributed by atoms with E-state index in [1.54, 1.807) is 0 Å². The van der Waals surface area contributed by atoms with Crippen molar-refractivity contribution in [3.8, 4) is 0 Å². The highest BCUT2D eigenvalue weighted by Gasteiger charge is 2.10. The number of carbonyl (C=O) groups excluding carboxylic acids is 1. The topological polar surface area (TPSA) is 72.5 Å². The van der Waals surface area contributed by atoms with Gasteiger partial charge in [0.2, 0.25) is 0 Å². The molecule has 0 aromatic heterocycles. The minimum Gasteiger partial charge on any atom is -0.467 e. The Labute approximate surface area is 47.2 Å². The SMILES string of the molecule is COC(=O)C(O)CN. The van der Waals surface area contributed by atoms with Gasteiger partial charge in [0.15, 0.2) is 6.10 Å². The Hall–Kier alpha value is -0.610. The molecule has 0 heterocycles. The summed E-state index contributed by atoms with van der Waals surface area (Å²) in [6.07, 6.45) is -1.17. The van der Waals surface area contributed by atoms with Gasteiger partial charge in [-0.2, -0.15) is 0 Å². The summed E-state index contributed by atoms with van der Waals surface area (Å²) >= 11 is 0. The summed E-state index contributed by atoms with van der Waals surface area (Å²) in [5.74, 6) is -0.687. The number of ether oxygens (including phenoxy) is 1. The van der Waals surface area contributed by atoms with Crippen LogP contribution in [0.5, 0.6) is 0 Å². The van der Waals surface area contributed by atoms with Crippen LogP contribution in [0.3, 0.4) is 0 Å². The number of hydrogen-bond acceptors (Lipinski definition) is 4. The van der Waals surface area contributed by atoms with E-state index >= 15 is 0 Å². The second kappa shape index (κ2) is 3.40. The molecule has 0 aromatic carbocycles. The zero-order chi connectivity index (χ0) is 6.57. The van der Waals surface area contributed by atoms with E-state index in [0.29, 0.717) is 0 Å². The summed E-state index contributed by atoms with van der Waals surface area (Å²) in [7, 11) is 1.20. The van der Waals surface area contributed by atoms with Crippen LogP contribution in [0.1, 0.15) is 0 Å². The maximum atomic E-state index is 10.2. The van der Waals surface area contributed by atoms with Crippen molar-refractivity contribution in [3.05, 3.63) is 0 Å². The molecular formula is C4H9NO3. The van der Waals surface area contributed by atoms with Crippen LogP contribution in [0, 0.1) is 0 Å². The number of methoxy groups -OCH3 is 1. The Morgan fingerprint density at radius 2 is 2.50 bits per heavy atom. The van der Waals surface area contributed by atoms with E-state index in [4.69, 9.17) is 10.8 Å². The van der Waals surface area contributed by atoms with Crippen molar-refractivity contribution in [2.24, 2.45) is 5.73 Å². The lowest BCUT2D eigenvalue weighted by Gasteiger charge is -2.02. The molecule has 0 fully saturated rings. The number of aliphatic hydroxyl groups is 1. The summed E-state index contributed by atoms with van der Waals surface area (Å²) in [6, 6.07) is 0. The van der Waals surface area contributed by atoms with Crippen LogP contribution in [0.2, 0.25) is 0 Å². The summed E-state index contributed by atoms with van der Waals surface area (Å²) in [6.45, 7) is -0.0906. The number of nitrogens with two attached hydrogens (primary N) is 1. The fourth-order valence-electron chi connectivity index (χ4n) is 0.232. The fraction of sp³-hybridized carbons (Fsp3) is 0.750. The van der Waals surface area contributed by atoms with Crippen LogP contribution in [0.4, 0.5) is 0 Å². The maximum Gasteiger partial charge on any atom is 0.336 e. The third-order valence-electron chi connectivity index (χ3n) is 0.697. The number of rotatable bonds is 2. The monoisotopic (exact) mass is 119 g/mol. The van der Waals surface area contributed by atoms with Crippen LogP contribution in [0.15, 0.2) is 0 Å². The number of hydrogen-bond donors (Lipinski definition) is 2. The molecule has 0 aromatic rings. The van der Waals surface area contributed by atoms with Crippen LogP contribution in [-0.4, -0.2) is 30.8 Å². The third kappa shape index (κ3) is 1.90. The molecule has 0 aliphatic carbocycles. The van der Waals surface area contributed by atoms with Gasteiger partial charge in [-0.15, -0.1) is 0 Å². The first-order valence-electron chi connectivity index (χ1n) is 2.18. The van der Waals surface area contributed by atoms with Crippen LogP contribution >= 0.6 is 0 Å². The normalized spacial score (nSPS) is 12.9. The molecule has 4 nitrogen and oxygen atoms in total. The molecule has 1 unspecified atom stereocenters. The van der Waals surface area contributed by atoms with Crippen LogP contribution in [0.25, 0.3) is 0 Å². The molecule has 4 heteroatoms. The van der Waals surface area contributed by atoms with E-state index < -0.39 is 12.1 Å². The first kappa shape index (κ1) is 7.39. The first-order chi connectivity index (χ1) is 3.72. The van der Waals surface area contributed by atoms with Gasteiger partial charge in [-0.05, 0) is 0 Å². The predicted octanol–water partition coefficient (Wildman–Crippen LogP) is -1.52. The Balaban J connectivity index is 3.46.